The van der Waals surface area contributed by atoms with Gasteiger partial charge in [0, 0.05) is 12.4 Å². The number of amides is 1. The molecule has 0 heterocycles. The number of carbonyl (C=O) groups is 1. The Bertz CT molecular complexity index is 353. The number of alkyl halides is 1. The highest BCUT2D eigenvalue weighted by molar-refractivity contribution is 6.17. The Labute approximate surface area is 106 Å². The van der Waals surface area contributed by atoms with Gasteiger partial charge in [0.2, 0.25) is 5.91 Å². The van der Waals surface area contributed by atoms with Gasteiger partial charge in [-0.25, -0.2) is 4.39 Å². The Kier molecular flexibility index (Phi) is 5.98. The number of nitrogens with one attached hydrogen (secondary N) is 1. The highest BCUT2D eigenvalue weighted by Crippen LogP contribution is 2.04. The van der Waals surface area contributed by atoms with Crippen molar-refractivity contribution in [2.24, 2.45) is 5.92 Å². The maximum absolute atomic E-state index is 12.6. The zero-order chi connectivity index (χ0) is 12.7. The van der Waals surface area contributed by atoms with E-state index in [-0.39, 0.29) is 18.1 Å². The van der Waals surface area contributed by atoms with Crippen LogP contribution in [0.5, 0.6) is 0 Å². The fourth-order valence-electron chi connectivity index (χ4n) is 1.43. The minimum absolute atomic E-state index is 0.0435. The molecule has 1 atom stereocenters. The summed E-state index contributed by atoms with van der Waals surface area (Å²) >= 11 is 5.61. The van der Waals surface area contributed by atoms with E-state index in [2.05, 4.69) is 5.32 Å². The average Bonchev–Trinajstić information content (AvgIpc) is 2.30. The Balaban J connectivity index is 2.32. The molecule has 1 amide bonds. The van der Waals surface area contributed by atoms with E-state index < -0.39 is 0 Å². The van der Waals surface area contributed by atoms with E-state index in [0.717, 1.165) is 12.0 Å². The van der Waals surface area contributed by atoms with E-state index >= 15 is 0 Å². The van der Waals surface area contributed by atoms with Crippen LogP contribution in [0, 0.1) is 11.7 Å². The van der Waals surface area contributed by atoms with Gasteiger partial charge in [-0.3, -0.25) is 4.79 Å². The molecule has 0 radical (unpaired) electrons. The summed E-state index contributed by atoms with van der Waals surface area (Å²) in [7, 11) is 0. The van der Waals surface area contributed by atoms with Crippen LogP contribution < -0.4 is 5.32 Å². The quantitative estimate of drug-likeness (QED) is 0.780. The van der Waals surface area contributed by atoms with Crippen LogP contribution in [-0.4, -0.2) is 18.3 Å². The predicted molar refractivity (Wildman–Crippen MR) is 67.6 cm³/mol. The minimum Gasteiger partial charge on any atom is -0.356 e. The van der Waals surface area contributed by atoms with Crippen LogP contribution in [-0.2, 0) is 11.2 Å². The number of hydrogen-bond acceptors (Lipinski definition) is 1. The van der Waals surface area contributed by atoms with Crippen molar-refractivity contribution < 1.29 is 9.18 Å². The summed E-state index contributed by atoms with van der Waals surface area (Å²) in [5.41, 5.74) is 0.814. The fraction of sp³-hybridized carbons (Fsp3) is 0.462. The van der Waals surface area contributed by atoms with Crippen molar-refractivity contribution in [2.45, 2.75) is 19.8 Å². The topological polar surface area (TPSA) is 29.1 Å². The zero-order valence-corrected chi connectivity index (χ0v) is 10.6. The average molecular weight is 258 g/mol. The first-order valence-corrected chi connectivity index (χ1v) is 6.22. The molecule has 0 bridgehead atoms. The summed E-state index contributed by atoms with van der Waals surface area (Å²) < 4.78 is 12.6. The molecule has 0 saturated carbocycles. The summed E-state index contributed by atoms with van der Waals surface area (Å²) in [6.07, 6.45) is 1.17. The van der Waals surface area contributed by atoms with Crippen LogP contribution in [0.2, 0.25) is 0 Å². The van der Waals surface area contributed by atoms with Gasteiger partial charge < -0.3 is 5.32 Å². The highest BCUT2D eigenvalue weighted by atomic mass is 35.5. The summed E-state index contributed by atoms with van der Waals surface area (Å²) in [6.45, 7) is 2.67. The van der Waals surface area contributed by atoms with Crippen molar-refractivity contribution in [3.63, 3.8) is 0 Å². The molecule has 0 saturated heterocycles. The van der Waals surface area contributed by atoms with E-state index in [4.69, 9.17) is 11.6 Å². The van der Waals surface area contributed by atoms with Crippen LogP contribution in [0.15, 0.2) is 24.3 Å². The van der Waals surface area contributed by atoms with Crippen molar-refractivity contribution in [2.75, 3.05) is 12.4 Å². The maximum atomic E-state index is 12.6. The van der Waals surface area contributed by atoms with E-state index in [1.54, 1.807) is 12.1 Å². The molecule has 0 aliphatic rings. The van der Waals surface area contributed by atoms with Gasteiger partial charge in [-0.1, -0.05) is 19.1 Å². The van der Waals surface area contributed by atoms with Gasteiger partial charge in [-0.05, 0) is 30.0 Å². The first-order chi connectivity index (χ1) is 8.11. The molecule has 0 aliphatic heterocycles. The predicted octanol–water partition coefficient (Wildman–Crippen LogP) is 2.75. The number of halogens is 2. The molecular formula is C13H17ClFNO. The molecule has 0 aromatic heterocycles. The Morgan fingerprint density at radius 3 is 2.65 bits per heavy atom. The van der Waals surface area contributed by atoms with Gasteiger partial charge in [0.15, 0.2) is 0 Å². The van der Waals surface area contributed by atoms with Crippen molar-refractivity contribution >= 4 is 17.5 Å². The molecule has 1 aromatic carbocycles. The van der Waals surface area contributed by atoms with Gasteiger partial charge in [-0.2, -0.15) is 0 Å². The molecule has 17 heavy (non-hydrogen) atoms. The first kappa shape index (κ1) is 14.0. The molecule has 1 rings (SSSR count). The maximum Gasteiger partial charge on any atom is 0.224 e. The van der Waals surface area contributed by atoms with Crippen LogP contribution >= 0.6 is 11.6 Å². The van der Waals surface area contributed by atoms with Crippen molar-refractivity contribution in [1.29, 1.82) is 0 Å². The third-order valence-electron chi connectivity index (χ3n) is 2.53. The molecule has 1 N–H and O–H groups in total. The van der Waals surface area contributed by atoms with E-state index in [0.29, 0.717) is 18.3 Å². The molecule has 0 fully saturated rings. The van der Waals surface area contributed by atoms with E-state index in [1.165, 1.54) is 12.1 Å². The second-order valence-corrected chi connectivity index (χ2v) is 4.57. The number of benzene rings is 1. The number of carbonyl (C=O) groups excluding carboxylic acids is 1. The lowest BCUT2D eigenvalue weighted by Crippen LogP contribution is -2.29. The Morgan fingerprint density at radius 1 is 1.41 bits per heavy atom. The normalized spacial score (nSPS) is 12.2. The van der Waals surface area contributed by atoms with Crippen molar-refractivity contribution in [3.05, 3.63) is 35.6 Å². The van der Waals surface area contributed by atoms with Crippen molar-refractivity contribution in [3.8, 4) is 0 Å². The Hall–Kier alpha value is -1.09. The molecule has 4 heteroatoms. The molecule has 94 valence electrons. The second kappa shape index (κ2) is 7.28. The SMILES string of the molecule is CC(CCCl)CNC(=O)Cc1ccc(F)cc1. The lowest BCUT2D eigenvalue weighted by atomic mass is 10.1. The van der Waals surface area contributed by atoms with Crippen LogP contribution in [0.25, 0.3) is 0 Å². The standard InChI is InChI=1S/C13H17ClFNO/c1-10(6-7-14)9-16-13(17)8-11-2-4-12(15)5-3-11/h2-5,10H,6-9H2,1H3,(H,16,17). The minimum atomic E-state index is -0.287. The fourth-order valence-corrected chi connectivity index (χ4v) is 1.80. The van der Waals surface area contributed by atoms with Crippen LogP contribution in [0.4, 0.5) is 4.39 Å². The lowest BCUT2D eigenvalue weighted by molar-refractivity contribution is -0.120. The third-order valence-corrected chi connectivity index (χ3v) is 2.75. The van der Waals surface area contributed by atoms with Crippen LogP contribution in [0.3, 0.4) is 0 Å². The third kappa shape index (κ3) is 5.68. The van der Waals surface area contributed by atoms with Crippen molar-refractivity contribution in [1.82, 2.24) is 5.32 Å². The van der Waals surface area contributed by atoms with E-state index in [9.17, 15) is 9.18 Å². The molecule has 0 spiro atoms. The number of hydrogen-bond donors (Lipinski definition) is 1. The summed E-state index contributed by atoms with van der Waals surface area (Å²) in [6, 6.07) is 5.96. The van der Waals surface area contributed by atoms with E-state index in [1.807, 2.05) is 6.92 Å². The molecule has 2 nitrogen and oxygen atoms in total. The van der Waals surface area contributed by atoms with Gasteiger partial charge in [0.05, 0.1) is 6.42 Å². The lowest BCUT2D eigenvalue weighted by Gasteiger charge is -2.10. The summed E-state index contributed by atoms with van der Waals surface area (Å²) in [5.74, 6) is 0.655. The summed E-state index contributed by atoms with van der Waals surface area (Å²) in [5, 5.41) is 2.84. The zero-order valence-electron chi connectivity index (χ0n) is 9.88. The highest BCUT2D eigenvalue weighted by Gasteiger charge is 2.06. The molecule has 1 unspecified atom stereocenters. The van der Waals surface area contributed by atoms with Crippen LogP contribution in [0.1, 0.15) is 18.9 Å². The smallest absolute Gasteiger partial charge is 0.224 e. The molecular weight excluding hydrogens is 241 g/mol. The Morgan fingerprint density at radius 2 is 2.06 bits per heavy atom. The number of rotatable bonds is 6. The van der Waals surface area contributed by atoms with Gasteiger partial charge in [0.1, 0.15) is 5.82 Å². The molecule has 0 aliphatic carbocycles. The second-order valence-electron chi connectivity index (χ2n) is 4.19. The largest absolute Gasteiger partial charge is 0.356 e. The van der Waals surface area contributed by atoms with Gasteiger partial charge in [0.25, 0.3) is 0 Å². The molecule has 1 aromatic rings. The first-order valence-electron chi connectivity index (χ1n) is 5.69. The monoisotopic (exact) mass is 257 g/mol. The summed E-state index contributed by atoms with van der Waals surface area (Å²) in [4.78, 5) is 11.6. The van der Waals surface area contributed by atoms with Gasteiger partial charge in [-0.15, -0.1) is 11.6 Å². The van der Waals surface area contributed by atoms with Gasteiger partial charge >= 0.3 is 0 Å².